The van der Waals surface area contributed by atoms with Crippen LogP contribution in [0.15, 0.2) is 57.7 Å². The zero-order chi connectivity index (χ0) is 20.3. The first kappa shape index (κ1) is 18.4. The third kappa shape index (κ3) is 2.89. The SMILES string of the molecule is CN1C(=O)[C@H](c2c[nH]c3cc(Br)ccc23)NC(=O)[C@H]1c1c[nH]c2cc(Br)ccc12. The third-order valence-corrected chi connectivity index (χ3v) is 6.46. The number of carbonyl (C=O) groups is 2. The fourth-order valence-corrected chi connectivity index (χ4v) is 4.78. The average molecular weight is 516 g/mol. The molecule has 29 heavy (non-hydrogen) atoms. The van der Waals surface area contributed by atoms with E-state index in [2.05, 4.69) is 47.1 Å². The monoisotopic (exact) mass is 514 g/mol. The number of carbonyl (C=O) groups excluding carboxylic acids is 2. The Hall–Kier alpha value is -2.58. The van der Waals surface area contributed by atoms with E-state index in [9.17, 15) is 9.59 Å². The second kappa shape index (κ2) is 6.74. The molecule has 3 N–H and O–H groups in total. The quantitative estimate of drug-likeness (QED) is 0.366. The van der Waals surface area contributed by atoms with Gasteiger partial charge >= 0.3 is 0 Å². The van der Waals surface area contributed by atoms with Crippen molar-refractivity contribution in [3.8, 4) is 0 Å². The molecule has 1 fully saturated rings. The van der Waals surface area contributed by atoms with E-state index in [0.717, 1.165) is 41.9 Å². The van der Waals surface area contributed by atoms with E-state index in [0.29, 0.717) is 0 Å². The molecule has 8 heteroatoms. The van der Waals surface area contributed by atoms with Gasteiger partial charge in [-0.25, -0.2) is 0 Å². The molecule has 0 unspecified atom stereocenters. The van der Waals surface area contributed by atoms with E-state index in [-0.39, 0.29) is 11.8 Å². The first-order valence-corrected chi connectivity index (χ1v) is 10.6. The molecule has 5 rings (SSSR count). The molecule has 1 aliphatic heterocycles. The molecule has 1 aliphatic rings. The summed E-state index contributed by atoms with van der Waals surface area (Å²) in [5.41, 5.74) is 3.36. The highest BCUT2D eigenvalue weighted by atomic mass is 79.9. The number of nitrogens with one attached hydrogen (secondary N) is 3. The van der Waals surface area contributed by atoms with Gasteiger partial charge in [-0.2, -0.15) is 0 Å². The minimum absolute atomic E-state index is 0.148. The second-order valence-corrected chi connectivity index (χ2v) is 8.99. The zero-order valence-corrected chi connectivity index (χ0v) is 18.5. The second-order valence-electron chi connectivity index (χ2n) is 7.16. The van der Waals surface area contributed by atoms with Crippen LogP contribution in [-0.2, 0) is 9.59 Å². The molecule has 0 bridgehead atoms. The van der Waals surface area contributed by atoms with Gasteiger partial charge < -0.3 is 20.2 Å². The van der Waals surface area contributed by atoms with Crippen LogP contribution in [0.1, 0.15) is 23.2 Å². The summed E-state index contributed by atoms with van der Waals surface area (Å²) in [5, 5.41) is 4.77. The standard InChI is InChI=1S/C21H16Br2N4O2/c1-27-19(15-9-25-17-7-11(23)3-5-13(15)17)20(28)26-18(21(27)29)14-8-24-16-6-10(22)2-4-12(14)16/h2-9,18-19,24-25H,1H3,(H,26,28)/t18-,19+/m0/s1. The lowest BCUT2D eigenvalue weighted by molar-refractivity contribution is -0.148. The van der Waals surface area contributed by atoms with Crippen molar-refractivity contribution in [2.75, 3.05) is 7.05 Å². The number of benzene rings is 2. The summed E-state index contributed by atoms with van der Waals surface area (Å²) in [6.45, 7) is 0. The molecule has 0 saturated carbocycles. The number of H-pyrrole nitrogens is 2. The highest BCUT2D eigenvalue weighted by Gasteiger charge is 2.41. The molecule has 0 aliphatic carbocycles. The summed E-state index contributed by atoms with van der Waals surface area (Å²) in [5.74, 6) is -0.350. The van der Waals surface area contributed by atoms with Crippen molar-refractivity contribution >= 4 is 65.5 Å². The van der Waals surface area contributed by atoms with Crippen molar-refractivity contribution in [3.63, 3.8) is 0 Å². The summed E-state index contributed by atoms with van der Waals surface area (Å²) in [6.07, 6.45) is 3.59. The van der Waals surface area contributed by atoms with E-state index in [1.54, 1.807) is 19.4 Å². The number of amides is 2. The van der Waals surface area contributed by atoms with Gasteiger partial charge in [0, 0.05) is 61.3 Å². The van der Waals surface area contributed by atoms with E-state index in [1.165, 1.54) is 4.90 Å². The van der Waals surface area contributed by atoms with Gasteiger partial charge in [-0.05, 0) is 24.3 Å². The molecular weight excluding hydrogens is 500 g/mol. The van der Waals surface area contributed by atoms with Crippen molar-refractivity contribution in [2.45, 2.75) is 12.1 Å². The number of fused-ring (bicyclic) bond motifs is 2. The fourth-order valence-electron chi connectivity index (χ4n) is 4.06. The summed E-state index contributed by atoms with van der Waals surface area (Å²) >= 11 is 6.91. The van der Waals surface area contributed by atoms with E-state index < -0.39 is 12.1 Å². The summed E-state index contributed by atoms with van der Waals surface area (Å²) in [4.78, 5) is 34.3. The van der Waals surface area contributed by atoms with Crippen LogP contribution < -0.4 is 5.32 Å². The zero-order valence-electron chi connectivity index (χ0n) is 15.3. The van der Waals surface area contributed by atoms with Crippen LogP contribution in [0, 0.1) is 0 Å². The normalized spacial score (nSPS) is 19.9. The number of hydrogen-bond donors (Lipinski definition) is 3. The molecular formula is C21H16Br2N4O2. The Bertz CT molecular complexity index is 1290. The Morgan fingerprint density at radius 2 is 1.41 bits per heavy atom. The lowest BCUT2D eigenvalue weighted by Gasteiger charge is -2.36. The Kier molecular flexibility index (Phi) is 4.29. The predicted molar refractivity (Wildman–Crippen MR) is 118 cm³/mol. The molecule has 2 aromatic carbocycles. The van der Waals surface area contributed by atoms with Gasteiger partial charge in [0.2, 0.25) is 5.91 Å². The Balaban J connectivity index is 1.54. The van der Waals surface area contributed by atoms with Crippen LogP contribution in [-0.4, -0.2) is 33.7 Å². The highest BCUT2D eigenvalue weighted by molar-refractivity contribution is 9.10. The summed E-state index contributed by atoms with van der Waals surface area (Å²) in [7, 11) is 1.68. The maximum atomic E-state index is 13.2. The first-order valence-electron chi connectivity index (χ1n) is 9.04. The Labute approximate surface area is 182 Å². The number of hydrogen-bond acceptors (Lipinski definition) is 2. The van der Waals surface area contributed by atoms with Gasteiger partial charge in [-0.1, -0.05) is 44.0 Å². The largest absolute Gasteiger partial charge is 0.361 e. The van der Waals surface area contributed by atoms with E-state index in [1.807, 2.05) is 36.4 Å². The number of halogens is 2. The predicted octanol–water partition coefficient (Wildman–Crippen LogP) is 4.54. The number of piperazine rings is 1. The van der Waals surface area contributed by atoms with Crippen molar-refractivity contribution in [3.05, 3.63) is 68.9 Å². The molecule has 146 valence electrons. The van der Waals surface area contributed by atoms with Crippen molar-refractivity contribution in [1.82, 2.24) is 20.2 Å². The molecule has 0 radical (unpaired) electrons. The fraction of sp³-hybridized carbons (Fsp3) is 0.143. The van der Waals surface area contributed by atoms with Crippen molar-refractivity contribution in [1.29, 1.82) is 0 Å². The summed E-state index contributed by atoms with van der Waals surface area (Å²) in [6, 6.07) is 10.2. The number of rotatable bonds is 2. The van der Waals surface area contributed by atoms with Gasteiger partial charge in [0.05, 0.1) is 0 Å². The molecule has 0 spiro atoms. The topological polar surface area (TPSA) is 81.0 Å². The van der Waals surface area contributed by atoms with E-state index >= 15 is 0 Å². The number of likely N-dealkylation sites (N-methyl/N-ethyl adjacent to an activating group) is 1. The smallest absolute Gasteiger partial charge is 0.250 e. The molecule has 6 nitrogen and oxygen atoms in total. The van der Waals surface area contributed by atoms with Gasteiger partial charge in [0.1, 0.15) is 12.1 Å². The molecule has 4 aromatic rings. The first-order chi connectivity index (χ1) is 13.9. The molecule has 2 atom stereocenters. The third-order valence-electron chi connectivity index (χ3n) is 5.47. The molecule has 3 heterocycles. The lowest BCUT2D eigenvalue weighted by atomic mass is 9.96. The van der Waals surface area contributed by atoms with Crippen molar-refractivity contribution < 1.29 is 9.59 Å². The van der Waals surface area contributed by atoms with Crippen LogP contribution in [0.5, 0.6) is 0 Å². The van der Waals surface area contributed by atoms with E-state index in [4.69, 9.17) is 0 Å². The number of aromatic amines is 2. The van der Waals surface area contributed by atoms with Gasteiger partial charge in [0.15, 0.2) is 0 Å². The van der Waals surface area contributed by atoms with Gasteiger partial charge in [-0.15, -0.1) is 0 Å². The molecule has 2 amide bonds. The highest BCUT2D eigenvalue weighted by Crippen LogP contribution is 2.36. The maximum absolute atomic E-state index is 13.2. The van der Waals surface area contributed by atoms with Gasteiger partial charge in [-0.3, -0.25) is 9.59 Å². The van der Waals surface area contributed by atoms with Crippen LogP contribution >= 0.6 is 31.9 Å². The minimum atomic E-state index is -0.724. The van der Waals surface area contributed by atoms with Crippen LogP contribution in [0.4, 0.5) is 0 Å². The van der Waals surface area contributed by atoms with Gasteiger partial charge in [0.25, 0.3) is 5.91 Å². The number of nitrogens with zero attached hydrogens (tertiary/aromatic N) is 1. The lowest BCUT2D eigenvalue weighted by Crippen LogP contribution is -2.53. The minimum Gasteiger partial charge on any atom is -0.361 e. The number of aromatic nitrogens is 2. The summed E-state index contributed by atoms with van der Waals surface area (Å²) < 4.78 is 1.89. The molecule has 1 saturated heterocycles. The van der Waals surface area contributed by atoms with Crippen LogP contribution in [0.2, 0.25) is 0 Å². The molecule has 2 aromatic heterocycles. The van der Waals surface area contributed by atoms with Crippen molar-refractivity contribution in [2.24, 2.45) is 0 Å². The Morgan fingerprint density at radius 3 is 2.03 bits per heavy atom. The average Bonchev–Trinajstić information content (AvgIpc) is 3.28. The maximum Gasteiger partial charge on any atom is 0.250 e. The van der Waals surface area contributed by atoms with Crippen LogP contribution in [0.3, 0.4) is 0 Å². The Morgan fingerprint density at radius 1 is 0.862 bits per heavy atom. The van der Waals surface area contributed by atoms with Crippen LogP contribution in [0.25, 0.3) is 21.8 Å².